The lowest BCUT2D eigenvalue weighted by atomic mass is 10.0. The molecule has 1 aromatic carbocycles. The molecule has 0 spiro atoms. The summed E-state index contributed by atoms with van der Waals surface area (Å²) in [6, 6.07) is 3.37. The number of carbonyl (C=O) groups is 1. The molecule has 21 heavy (non-hydrogen) atoms. The molecule has 0 fully saturated rings. The highest BCUT2D eigenvalue weighted by molar-refractivity contribution is 5.72. The molecule has 1 aromatic rings. The van der Waals surface area contributed by atoms with Gasteiger partial charge in [-0.25, -0.2) is 0 Å². The van der Waals surface area contributed by atoms with E-state index in [1.807, 2.05) is 20.8 Å². The van der Waals surface area contributed by atoms with Gasteiger partial charge in [-0.3, -0.25) is 4.79 Å². The summed E-state index contributed by atoms with van der Waals surface area (Å²) in [6.07, 6.45) is 0.601. The molecule has 0 bridgehead atoms. The zero-order valence-electron chi connectivity index (χ0n) is 13.4. The minimum atomic E-state index is -0.220. The maximum absolute atomic E-state index is 11.1. The molecular weight excluding hydrogens is 270 g/mol. The van der Waals surface area contributed by atoms with Gasteiger partial charge in [-0.1, -0.05) is 6.07 Å². The van der Waals surface area contributed by atoms with E-state index in [2.05, 4.69) is 5.32 Å². The molecule has 0 aromatic heterocycles. The molecular formula is C16H25NO4. The second-order valence-electron chi connectivity index (χ2n) is 5.88. The molecule has 0 saturated carbocycles. The van der Waals surface area contributed by atoms with Crippen LogP contribution in [0, 0.1) is 0 Å². The number of phenols is 1. The zero-order valence-corrected chi connectivity index (χ0v) is 13.4. The Morgan fingerprint density at radius 2 is 2.00 bits per heavy atom. The van der Waals surface area contributed by atoms with Gasteiger partial charge < -0.3 is 19.9 Å². The minimum Gasteiger partial charge on any atom is -0.504 e. The van der Waals surface area contributed by atoms with Gasteiger partial charge in [0.1, 0.15) is 0 Å². The van der Waals surface area contributed by atoms with Crippen molar-refractivity contribution in [3.63, 3.8) is 0 Å². The fraction of sp³-hybridized carbons (Fsp3) is 0.562. The third-order valence-electron chi connectivity index (χ3n) is 2.96. The van der Waals surface area contributed by atoms with E-state index in [1.54, 1.807) is 12.1 Å². The SMILES string of the molecule is COc1c(O)ccc(CNC(C)=O)c1CCOC(C)(C)C. The Morgan fingerprint density at radius 3 is 2.52 bits per heavy atom. The second kappa shape index (κ2) is 7.31. The highest BCUT2D eigenvalue weighted by atomic mass is 16.5. The van der Waals surface area contributed by atoms with Crippen LogP contribution in [0.3, 0.4) is 0 Å². The van der Waals surface area contributed by atoms with E-state index in [9.17, 15) is 9.90 Å². The van der Waals surface area contributed by atoms with Crippen LogP contribution < -0.4 is 10.1 Å². The van der Waals surface area contributed by atoms with Crippen molar-refractivity contribution in [2.75, 3.05) is 13.7 Å². The summed E-state index contributed by atoms with van der Waals surface area (Å²) in [7, 11) is 1.52. The number of ether oxygens (including phenoxy) is 2. The van der Waals surface area contributed by atoms with Crippen molar-refractivity contribution >= 4 is 5.91 Å². The van der Waals surface area contributed by atoms with Gasteiger partial charge in [0, 0.05) is 19.0 Å². The predicted octanol–water partition coefficient (Wildman–Crippen LogP) is 2.39. The molecule has 0 aliphatic rings. The number of amides is 1. The summed E-state index contributed by atoms with van der Waals surface area (Å²) in [5, 5.41) is 12.7. The monoisotopic (exact) mass is 295 g/mol. The van der Waals surface area contributed by atoms with Crippen molar-refractivity contribution < 1.29 is 19.4 Å². The van der Waals surface area contributed by atoms with Crippen LogP contribution in [0.25, 0.3) is 0 Å². The first-order valence-electron chi connectivity index (χ1n) is 7.00. The smallest absolute Gasteiger partial charge is 0.217 e. The van der Waals surface area contributed by atoms with Crippen molar-refractivity contribution in [2.24, 2.45) is 0 Å². The van der Waals surface area contributed by atoms with Crippen LogP contribution in [0.5, 0.6) is 11.5 Å². The van der Waals surface area contributed by atoms with Crippen molar-refractivity contribution in [3.8, 4) is 11.5 Å². The standard InChI is InChI=1S/C16H25NO4/c1-11(18)17-10-12-6-7-14(19)15(20-5)13(12)8-9-21-16(2,3)4/h6-7,19H,8-10H2,1-5H3,(H,17,18). The topological polar surface area (TPSA) is 67.8 Å². The number of carbonyl (C=O) groups excluding carboxylic acids is 1. The number of hydrogen-bond donors (Lipinski definition) is 2. The Balaban J connectivity index is 2.94. The third kappa shape index (κ3) is 5.63. The van der Waals surface area contributed by atoms with Gasteiger partial charge >= 0.3 is 0 Å². The molecule has 5 heteroatoms. The van der Waals surface area contributed by atoms with Crippen LogP contribution in [0.4, 0.5) is 0 Å². The summed E-state index contributed by atoms with van der Waals surface area (Å²) in [4.78, 5) is 11.1. The molecule has 0 unspecified atom stereocenters. The van der Waals surface area contributed by atoms with Gasteiger partial charge in [0.05, 0.1) is 19.3 Å². The van der Waals surface area contributed by atoms with Crippen LogP contribution in [-0.4, -0.2) is 30.3 Å². The molecule has 0 aliphatic heterocycles. The van der Waals surface area contributed by atoms with Gasteiger partial charge in [0.15, 0.2) is 11.5 Å². The second-order valence-corrected chi connectivity index (χ2v) is 5.88. The van der Waals surface area contributed by atoms with Gasteiger partial charge in [-0.05, 0) is 38.8 Å². The summed E-state index contributed by atoms with van der Waals surface area (Å²) < 4.78 is 11.0. The predicted molar refractivity (Wildman–Crippen MR) is 81.6 cm³/mol. The summed E-state index contributed by atoms with van der Waals surface area (Å²) in [5.74, 6) is 0.434. The van der Waals surface area contributed by atoms with E-state index in [0.717, 1.165) is 11.1 Å². The van der Waals surface area contributed by atoms with Crippen molar-refractivity contribution in [1.29, 1.82) is 0 Å². The van der Waals surface area contributed by atoms with Gasteiger partial charge in [0.2, 0.25) is 5.91 Å². The first-order valence-corrected chi connectivity index (χ1v) is 7.00. The van der Waals surface area contributed by atoms with Crippen molar-refractivity contribution in [3.05, 3.63) is 23.3 Å². The number of methoxy groups -OCH3 is 1. The Labute approximate surface area is 126 Å². The van der Waals surface area contributed by atoms with Crippen LogP contribution in [0.2, 0.25) is 0 Å². The number of rotatable bonds is 6. The number of nitrogens with one attached hydrogen (secondary N) is 1. The van der Waals surface area contributed by atoms with Crippen LogP contribution in [-0.2, 0) is 22.5 Å². The van der Waals surface area contributed by atoms with Gasteiger partial charge in [-0.15, -0.1) is 0 Å². The van der Waals surface area contributed by atoms with Gasteiger partial charge in [-0.2, -0.15) is 0 Å². The first kappa shape index (κ1) is 17.3. The average Bonchev–Trinajstić information content (AvgIpc) is 2.36. The third-order valence-corrected chi connectivity index (χ3v) is 2.96. The van der Waals surface area contributed by atoms with Crippen LogP contribution in [0.1, 0.15) is 38.8 Å². The minimum absolute atomic E-state index is 0.0924. The summed E-state index contributed by atoms with van der Waals surface area (Å²) in [6.45, 7) is 8.36. The molecule has 0 heterocycles. The highest BCUT2D eigenvalue weighted by Gasteiger charge is 2.16. The van der Waals surface area contributed by atoms with E-state index < -0.39 is 0 Å². The lowest BCUT2D eigenvalue weighted by Crippen LogP contribution is -2.22. The summed E-state index contributed by atoms with van der Waals surface area (Å²) >= 11 is 0. The lowest BCUT2D eigenvalue weighted by Gasteiger charge is -2.21. The Kier molecular flexibility index (Phi) is 6.03. The Bertz CT molecular complexity index is 492. The molecule has 0 saturated heterocycles. The summed E-state index contributed by atoms with van der Waals surface area (Å²) in [5.41, 5.74) is 1.55. The largest absolute Gasteiger partial charge is 0.504 e. The quantitative estimate of drug-likeness (QED) is 0.845. The number of aromatic hydroxyl groups is 1. The van der Waals surface area contributed by atoms with E-state index in [1.165, 1.54) is 14.0 Å². The van der Waals surface area contributed by atoms with Crippen LogP contribution >= 0.6 is 0 Å². The molecule has 1 amide bonds. The fourth-order valence-electron chi connectivity index (χ4n) is 2.00. The highest BCUT2D eigenvalue weighted by Crippen LogP contribution is 2.33. The molecule has 5 nitrogen and oxygen atoms in total. The molecule has 0 aliphatic carbocycles. The van der Waals surface area contributed by atoms with Crippen molar-refractivity contribution in [2.45, 2.75) is 46.3 Å². The molecule has 0 radical (unpaired) electrons. The zero-order chi connectivity index (χ0) is 16.0. The number of phenolic OH excluding ortho intramolecular Hbond substituents is 1. The maximum atomic E-state index is 11.1. The fourth-order valence-corrected chi connectivity index (χ4v) is 2.00. The van der Waals surface area contributed by atoms with E-state index in [0.29, 0.717) is 25.3 Å². The molecule has 0 atom stereocenters. The lowest BCUT2D eigenvalue weighted by molar-refractivity contribution is -0.119. The first-order chi connectivity index (χ1) is 9.74. The van der Waals surface area contributed by atoms with Crippen LogP contribution in [0.15, 0.2) is 12.1 Å². The normalized spacial score (nSPS) is 11.3. The number of hydrogen-bond acceptors (Lipinski definition) is 4. The van der Waals surface area contributed by atoms with E-state index >= 15 is 0 Å². The molecule has 2 N–H and O–H groups in total. The van der Waals surface area contributed by atoms with E-state index in [-0.39, 0.29) is 17.3 Å². The van der Waals surface area contributed by atoms with Gasteiger partial charge in [0.25, 0.3) is 0 Å². The van der Waals surface area contributed by atoms with Crippen molar-refractivity contribution in [1.82, 2.24) is 5.32 Å². The molecule has 1 rings (SSSR count). The van der Waals surface area contributed by atoms with E-state index in [4.69, 9.17) is 9.47 Å². The average molecular weight is 295 g/mol. The Morgan fingerprint density at radius 1 is 1.33 bits per heavy atom. The Hall–Kier alpha value is -1.75. The molecule has 118 valence electrons. The number of benzene rings is 1. The maximum Gasteiger partial charge on any atom is 0.217 e.